The van der Waals surface area contributed by atoms with E-state index in [-0.39, 0.29) is 5.41 Å². The third-order valence-corrected chi connectivity index (χ3v) is 14.8. The van der Waals surface area contributed by atoms with E-state index in [1.807, 2.05) is 24.3 Å². The monoisotopic (exact) mass is 947 g/mol. The second-order valence-electron chi connectivity index (χ2n) is 19.6. The molecule has 0 amide bonds. The van der Waals surface area contributed by atoms with Crippen LogP contribution in [0.15, 0.2) is 241 Å². The van der Waals surface area contributed by atoms with E-state index >= 15 is 0 Å². The molecule has 0 saturated carbocycles. The lowest BCUT2D eigenvalue weighted by molar-refractivity contribution is 0.660. The molecule has 1 aliphatic rings. The van der Waals surface area contributed by atoms with Crippen molar-refractivity contribution >= 4 is 32.7 Å². The normalized spacial score (nSPS) is 12.6. The van der Waals surface area contributed by atoms with E-state index in [0.717, 1.165) is 99.7 Å². The first-order valence-corrected chi connectivity index (χ1v) is 25.1. The minimum absolute atomic E-state index is 0.174. The first-order valence-electron chi connectivity index (χ1n) is 25.1. The zero-order valence-electron chi connectivity index (χ0n) is 40.7. The van der Waals surface area contributed by atoms with Crippen molar-refractivity contribution in [3.63, 3.8) is 0 Å². The van der Waals surface area contributed by atoms with E-state index < -0.39 is 0 Å². The molecule has 0 atom stereocenters. The molecule has 3 aromatic heterocycles. The molecule has 0 saturated heterocycles. The SMILES string of the molecule is CC1(C)c2ccccc2-c2c(-c3nc(-c4ccc(-c5ccccc5)cc4)nc(-c4cccc(-c5cccc(-c6cc(-c7ccc8c(c7)oc7c9ccccc9ccc87)nc(-c7ccccc7)n6)c5)c4)n3)cccc21. The van der Waals surface area contributed by atoms with Gasteiger partial charge in [0.1, 0.15) is 11.2 Å². The molecule has 6 heteroatoms. The van der Waals surface area contributed by atoms with E-state index in [1.165, 1.54) is 22.3 Å². The average molecular weight is 948 g/mol. The largest absolute Gasteiger partial charge is 0.455 e. The van der Waals surface area contributed by atoms with E-state index in [2.05, 4.69) is 226 Å². The van der Waals surface area contributed by atoms with Crippen molar-refractivity contribution in [3.8, 4) is 101 Å². The van der Waals surface area contributed by atoms with E-state index in [9.17, 15) is 0 Å². The summed E-state index contributed by atoms with van der Waals surface area (Å²) in [6.07, 6.45) is 0. The van der Waals surface area contributed by atoms with Gasteiger partial charge in [-0.15, -0.1) is 0 Å². The summed E-state index contributed by atoms with van der Waals surface area (Å²) in [6, 6.07) is 82.6. The Labute approximate surface area is 428 Å². The summed E-state index contributed by atoms with van der Waals surface area (Å²) >= 11 is 0. The Hall–Kier alpha value is -9.65. The standard InChI is InChI=1S/C68H45N5O/c1-68(2)57-28-12-11-26-55(57)62-56(27-15-29-58(62)68)67-72-65(46-32-30-43(31-33-46)42-16-5-3-6-17-42)71-66(73-67)51-24-14-22-48(39-51)47-21-13-23-49(38-47)59-41-60(70-64(69-59)45-19-7-4-8-20-45)50-35-36-53-54-37-34-44-18-9-10-25-52(44)63(54)74-61(53)40-50/h3-41H,1-2H3. The molecule has 6 nitrogen and oxygen atoms in total. The maximum absolute atomic E-state index is 6.62. The van der Waals surface area contributed by atoms with Crippen molar-refractivity contribution in [1.82, 2.24) is 24.9 Å². The van der Waals surface area contributed by atoms with Gasteiger partial charge in [0.2, 0.25) is 0 Å². The van der Waals surface area contributed by atoms with Crippen LogP contribution in [0.3, 0.4) is 0 Å². The maximum Gasteiger partial charge on any atom is 0.164 e. The quantitative estimate of drug-likeness (QED) is 0.151. The highest BCUT2D eigenvalue weighted by molar-refractivity contribution is 6.15. The van der Waals surface area contributed by atoms with Gasteiger partial charge in [0.15, 0.2) is 23.3 Å². The molecule has 0 bridgehead atoms. The maximum atomic E-state index is 6.62. The van der Waals surface area contributed by atoms with Gasteiger partial charge in [-0.25, -0.2) is 24.9 Å². The van der Waals surface area contributed by atoms with Crippen LogP contribution in [0, 0.1) is 0 Å². The molecule has 0 unspecified atom stereocenters. The zero-order chi connectivity index (χ0) is 49.3. The number of nitrogens with zero attached hydrogens (tertiary/aromatic N) is 5. The van der Waals surface area contributed by atoms with Crippen LogP contribution in [-0.4, -0.2) is 24.9 Å². The summed E-state index contributed by atoms with van der Waals surface area (Å²) < 4.78 is 6.62. The Morgan fingerprint density at radius 1 is 0.311 bits per heavy atom. The fraction of sp³-hybridized carbons (Fsp3) is 0.0441. The van der Waals surface area contributed by atoms with Gasteiger partial charge < -0.3 is 4.42 Å². The van der Waals surface area contributed by atoms with Gasteiger partial charge in [-0.2, -0.15) is 0 Å². The van der Waals surface area contributed by atoms with Crippen LogP contribution in [-0.2, 0) is 5.41 Å². The minimum Gasteiger partial charge on any atom is -0.455 e. The van der Waals surface area contributed by atoms with Gasteiger partial charge >= 0.3 is 0 Å². The fourth-order valence-electron chi connectivity index (χ4n) is 11.0. The molecular formula is C68H45N5O. The lowest BCUT2D eigenvalue weighted by Crippen LogP contribution is -2.14. The number of fused-ring (bicyclic) bond motifs is 8. The molecule has 0 N–H and O–H groups in total. The summed E-state index contributed by atoms with van der Waals surface area (Å²) in [6.45, 7) is 4.60. The summed E-state index contributed by atoms with van der Waals surface area (Å²) in [5.41, 5.74) is 18.1. The van der Waals surface area contributed by atoms with Crippen molar-refractivity contribution in [2.24, 2.45) is 0 Å². The van der Waals surface area contributed by atoms with Gasteiger partial charge in [0.05, 0.1) is 11.4 Å². The van der Waals surface area contributed by atoms with Crippen molar-refractivity contribution in [3.05, 3.63) is 248 Å². The molecule has 3 heterocycles. The van der Waals surface area contributed by atoms with Gasteiger partial charge in [0, 0.05) is 55.0 Å². The van der Waals surface area contributed by atoms with Crippen molar-refractivity contribution in [2.75, 3.05) is 0 Å². The number of hydrogen-bond acceptors (Lipinski definition) is 6. The van der Waals surface area contributed by atoms with E-state index in [1.54, 1.807) is 0 Å². The van der Waals surface area contributed by atoms with Crippen LogP contribution in [0.1, 0.15) is 25.0 Å². The Balaban J connectivity index is 0.870. The van der Waals surface area contributed by atoms with Gasteiger partial charge in [-0.3, -0.25) is 0 Å². The lowest BCUT2D eigenvalue weighted by atomic mass is 9.82. The molecule has 1 aliphatic carbocycles. The number of hydrogen-bond donors (Lipinski definition) is 0. The highest BCUT2D eigenvalue weighted by atomic mass is 16.3. The van der Waals surface area contributed by atoms with Gasteiger partial charge in [-0.05, 0) is 86.3 Å². The molecule has 348 valence electrons. The Kier molecular flexibility index (Phi) is 10.1. The van der Waals surface area contributed by atoms with E-state index in [4.69, 9.17) is 29.3 Å². The number of furan rings is 1. The Bertz CT molecular complexity index is 4330. The topological polar surface area (TPSA) is 77.6 Å². The molecule has 0 radical (unpaired) electrons. The number of aromatic nitrogens is 5. The third-order valence-electron chi connectivity index (χ3n) is 14.8. The van der Waals surface area contributed by atoms with Crippen molar-refractivity contribution < 1.29 is 4.42 Å². The number of rotatable bonds is 8. The molecule has 0 fully saturated rings. The summed E-state index contributed by atoms with van der Waals surface area (Å²) in [4.78, 5) is 26.3. The predicted molar refractivity (Wildman–Crippen MR) is 301 cm³/mol. The highest BCUT2D eigenvalue weighted by Crippen LogP contribution is 2.52. The van der Waals surface area contributed by atoms with Crippen molar-refractivity contribution in [2.45, 2.75) is 19.3 Å². The molecule has 0 aliphatic heterocycles. The summed E-state index contributed by atoms with van der Waals surface area (Å²) in [7, 11) is 0. The van der Waals surface area contributed by atoms with Crippen LogP contribution >= 0.6 is 0 Å². The third kappa shape index (κ3) is 7.38. The van der Waals surface area contributed by atoms with Crippen LogP contribution in [0.2, 0.25) is 0 Å². The van der Waals surface area contributed by atoms with Crippen LogP contribution in [0.25, 0.3) is 134 Å². The van der Waals surface area contributed by atoms with E-state index in [0.29, 0.717) is 23.3 Å². The first-order chi connectivity index (χ1) is 36.4. The second-order valence-corrected chi connectivity index (χ2v) is 19.6. The second kappa shape index (κ2) is 17.3. The highest BCUT2D eigenvalue weighted by Gasteiger charge is 2.37. The molecule has 74 heavy (non-hydrogen) atoms. The molecule has 14 rings (SSSR count). The predicted octanol–water partition coefficient (Wildman–Crippen LogP) is 17.4. The van der Waals surface area contributed by atoms with Gasteiger partial charge in [-0.1, -0.05) is 214 Å². The van der Waals surface area contributed by atoms with Crippen LogP contribution in [0.5, 0.6) is 0 Å². The summed E-state index contributed by atoms with van der Waals surface area (Å²) in [5.74, 6) is 2.49. The smallest absolute Gasteiger partial charge is 0.164 e. The minimum atomic E-state index is -0.174. The Morgan fingerprint density at radius 2 is 0.811 bits per heavy atom. The van der Waals surface area contributed by atoms with Crippen LogP contribution < -0.4 is 0 Å². The Morgan fingerprint density at radius 3 is 1.59 bits per heavy atom. The molecule has 10 aromatic carbocycles. The van der Waals surface area contributed by atoms with Crippen molar-refractivity contribution in [1.29, 1.82) is 0 Å². The lowest BCUT2D eigenvalue weighted by Gasteiger charge is -2.21. The van der Waals surface area contributed by atoms with Gasteiger partial charge in [0.25, 0.3) is 0 Å². The first kappa shape index (κ1) is 43.2. The average Bonchev–Trinajstić information content (AvgIpc) is 3.97. The molecule has 0 spiro atoms. The zero-order valence-corrected chi connectivity index (χ0v) is 40.7. The number of benzene rings is 10. The summed E-state index contributed by atoms with van der Waals surface area (Å²) in [5, 5.41) is 4.42. The molecule has 13 aromatic rings. The fourth-order valence-corrected chi connectivity index (χ4v) is 11.0. The molecular weight excluding hydrogens is 903 g/mol. The van der Waals surface area contributed by atoms with Crippen LogP contribution in [0.4, 0.5) is 0 Å².